The second-order valence-electron chi connectivity index (χ2n) is 3.98. The smallest absolute Gasteiger partial charge is 0.247 e. The van der Waals surface area contributed by atoms with Gasteiger partial charge in [0.15, 0.2) is 11.3 Å². The highest BCUT2D eigenvalue weighted by Crippen LogP contribution is 2.19. The molecule has 0 aliphatic heterocycles. The number of anilines is 2. The molecule has 0 atom stereocenters. The molecule has 0 saturated carbocycles. The molecule has 2 heterocycles. The Labute approximate surface area is 114 Å². The molecule has 7 heteroatoms. The van der Waals surface area contributed by atoms with Gasteiger partial charge in [-0.3, -0.25) is 0 Å². The number of rotatable bonds is 3. The van der Waals surface area contributed by atoms with Crippen molar-refractivity contribution in [3.05, 3.63) is 42.4 Å². The number of aromatic nitrogens is 4. The summed E-state index contributed by atoms with van der Waals surface area (Å²) in [7, 11) is 1.61. The molecule has 0 aliphatic rings. The Bertz CT molecular complexity index is 804. The van der Waals surface area contributed by atoms with E-state index in [0.717, 1.165) is 11.4 Å². The number of nitriles is 1. The minimum atomic E-state index is 0.287. The van der Waals surface area contributed by atoms with Crippen LogP contribution in [0.15, 0.2) is 36.7 Å². The first-order valence-corrected chi connectivity index (χ1v) is 5.82. The van der Waals surface area contributed by atoms with Crippen LogP contribution in [0.4, 0.5) is 11.6 Å². The Morgan fingerprint density at radius 1 is 1.40 bits per heavy atom. The molecule has 98 valence electrons. The zero-order valence-corrected chi connectivity index (χ0v) is 10.6. The second kappa shape index (κ2) is 4.85. The molecule has 0 fully saturated rings. The van der Waals surface area contributed by atoms with Crippen molar-refractivity contribution in [3.8, 4) is 11.8 Å². The molecule has 3 rings (SSSR count). The van der Waals surface area contributed by atoms with Gasteiger partial charge in [0.2, 0.25) is 5.95 Å². The number of nitrogens with zero attached hydrogens (tertiary/aromatic N) is 5. The van der Waals surface area contributed by atoms with Crippen LogP contribution in [-0.2, 0) is 0 Å². The van der Waals surface area contributed by atoms with Gasteiger partial charge in [0.25, 0.3) is 0 Å². The standard InChI is InChI=1S/C13H10N6O/c1-20-11-4-2-3-9(5-11)16-13-17-12-7-15-10(6-14)8-19(12)18-13/h2-5,7-8H,1H3,(H,16,18). The fourth-order valence-electron chi connectivity index (χ4n) is 1.74. The van der Waals surface area contributed by atoms with Gasteiger partial charge in [-0.05, 0) is 12.1 Å². The maximum Gasteiger partial charge on any atom is 0.247 e. The molecule has 2 aromatic heterocycles. The number of hydrogen-bond donors (Lipinski definition) is 1. The number of nitrogens with one attached hydrogen (secondary N) is 1. The van der Waals surface area contributed by atoms with Gasteiger partial charge in [-0.15, -0.1) is 5.10 Å². The van der Waals surface area contributed by atoms with Gasteiger partial charge in [-0.1, -0.05) is 6.07 Å². The first-order chi connectivity index (χ1) is 9.78. The molecule has 0 unspecified atom stereocenters. The lowest BCUT2D eigenvalue weighted by atomic mass is 10.3. The summed E-state index contributed by atoms with van der Waals surface area (Å²) < 4.78 is 6.66. The zero-order chi connectivity index (χ0) is 13.9. The number of hydrogen-bond acceptors (Lipinski definition) is 6. The Balaban J connectivity index is 1.92. The van der Waals surface area contributed by atoms with Crippen LogP contribution in [0.25, 0.3) is 5.65 Å². The predicted octanol–water partition coefficient (Wildman–Crippen LogP) is 1.75. The lowest BCUT2D eigenvalue weighted by Gasteiger charge is -2.03. The van der Waals surface area contributed by atoms with Crippen molar-refractivity contribution in [3.63, 3.8) is 0 Å². The molecule has 7 nitrogen and oxygen atoms in total. The van der Waals surface area contributed by atoms with E-state index in [9.17, 15) is 0 Å². The van der Waals surface area contributed by atoms with E-state index in [-0.39, 0.29) is 5.69 Å². The van der Waals surface area contributed by atoms with Crippen molar-refractivity contribution in [2.45, 2.75) is 0 Å². The van der Waals surface area contributed by atoms with E-state index in [2.05, 4.69) is 20.4 Å². The molecule has 0 radical (unpaired) electrons. The Morgan fingerprint density at radius 3 is 3.10 bits per heavy atom. The SMILES string of the molecule is COc1cccc(Nc2nc3cnc(C#N)cn3n2)c1. The normalized spacial score (nSPS) is 10.2. The summed E-state index contributed by atoms with van der Waals surface area (Å²) in [5.41, 5.74) is 1.67. The number of methoxy groups -OCH3 is 1. The van der Waals surface area contributed by atoms with E-state index in [1.54, 1.807) is 7.11 Å². The highest BCUT2D eigenvalue weighted by atomic mass is 16.5. The van der Waals surface area contributed by atoms with Crippen LogP contribution in [0.2, 0.25) is 0 Å². The van der Waals surface area contributed by atoms with Crippen molar-refractivity contribution in [1.82, 2.24) is 19.6 Å². The quantitative estimate of drug-likeness (QED) is 0.777. The van der Waals surface area contributed by atoms with Gasteiger partial charge < -0.3 is 10.1 Å². The lowest BCUT2D eigenvalue weighted by Crippen LogP contribution is -1.94. The number of benzene rings is 1. The summed E-state index contributed by atoms with van der Waals surface area (Å²) in [6.45, 7) is 0. The maximum absolute atomic E-state index is 8.79. The molecular formula is C13H10N6O. The van der Waals surface area contributed by atoms with Crippen molar-refractivity contribution in [1.29, 1.82) is 5.26 Å². The third kappa shape index (κ3) is 2.22. The molecule has 3 aromatic rings. The summed E-state index contributed by atoms with van der Waals surface area (Å²) in [5.74, 6) is 1.17. The first-order valence-electron chi connectivity index (χ1n) is 5.82. The molecular weight excluding hydrogens is 256 g/mol. The van der Waals surface area contributed by atoms with E-state index in [1.165, 1.54) is 16.9 Å². The monoisotopic (exact) mass is 266 g/mol. The molecule has 0 aliphatic carbocycles. The van der Waals surface area contributed by atoms with Crippen LogP contribution in [-0.4, -0.2) is 26.7 Å². The minimum Gasteiger partial charge on any atom is -0.497 e. The van der Waals surface area contributed by atoms with Crippen LogP contribution < -0.4 is 10.1 Å². The Morgan fingerprint density at radius 2 is 2.30 bits per heavy atom. The predicted molar refractivity (Wildman–Crippen MR) is 71.8 cm³/mol. The van der Waals surface area contributed by atoms with Crippen molar-refractivity contribution in [2.24, 2.45) is 0 Å². The summed E-state index contributed by atoms with van der Waals surface area (Å²) in [6, 6.07) is 9.40. The Kier molecular flexibility index (Phi) is 2.89. The van der Waals surface area contributed by atoms with E-state index in [4.69, 9.17) is 10.00 Å². The van der Waals surface area contributed by atoms with E-state index >= 15 is 0 Å². The zero-order valence-electron chi connectivity index (χ0n) is 10.6. The molecule has 0 bridgehead atoms. The highest BCUT2D eigenvalue weighted by Gasteiger charge is 2.05. The van der Waals surface area contributed by atoms with Crippen molar-refractivity contribution in [2.75, 3.05) is 12.4 Å². The van der Waals surface area contributed by atoms with E-state index in [1.807, 2.05) is 30.3 Å². The summed E-state index contributed by atoms with van der Waals surface area (Å²) in [6.07, 6.45) is 3.03. The van der Waals surface area contributed by atoms with Gasteiger partial charge in [0.05, 0.1) is 19.5 Å². The number of fused-ring (bicyclic) bond motifs is 1. The van der Waals surface area contributed by atoms with Crippen molar-refractivity contribution >= 4 is 17.3 Å². The van der Waals surface area contributed by atoms with E-state index in [0.29, 0.717) is 11.6 Å². The van der Waals surface area contributed by atoms with Crippen LogP contribution in [0.5, 0.6) is 5.75 Å². The molecule has 1 aromatic carbocycles. The average Bonchev–Trinajstić information content (AvgIpc) is 2.88. The van der Waals surface area contributed by atoms with Gasteiger partial charge in [0, 0.05) is 11.8 Å². The number of ether oxygens (including phenoxy) is 1. The van der Waals surface area contributed by atoms with Crippen LogP contribution in [0.3, 0.4) is 0 Å². The fourth-order valence-corrected chi connectivity index (χ4v) is 1.74. The lowest BCUT2D eigenvalue weighted by molar-refractivity contribution is 0.415. The molecule has 0 amide bonds. The molecule has 0 spiro atoms. The summed E-state index contributed by atoms with van der Waals surface area (Å²) in [5, 5.41) is 16.1. The highest BCUT2D eigenvalue weighted by molar-refractivity contribution is 5.57. The van der Waals surface area contributed by atoms with E-state index < -0.39 is 0 Å². The van der Waals surface area contributed by atoms with Gasteiger partial charge in [0.1, 0.15) is 11.8 Å². The maximum atomic E-state index is 8.79. The third-order valence-electron chi connectivity index (χ3n) is 2.66. The fraction of sp³-hybridized carbons (Fsp3) is 0.0769. The van der Waals surface area contributed by atoms with Crippen LogP contribution in [0.1, 0.15) is 5.69 Å². The molecule has 1 N–H and O–H groups in total. The van der Waals surface area contributed by atoms with Gasteiger partial charge in [-0.2, -0.15) is 10.2 Å². The molecule has 20 heavy (non-hydrogen) atoms. The largest absolute Gasteiger partial charge is 0.497 e. The summed E-state index contributed by atoms with van der Waals surface area (Å²) in [4.78, 5) is 8.21. The third-order valence-corrected chi connectivity index (χ3v) is 2.66. The molecule has 0 saturated heterocycles. The Hall–Kier alpha value is -3.14. The topological polar surface area (TPSA) is 88.1 Å². The van der Waals surface area contributed by atoms with Crippen LogP contribution >= 0.6 is 0 Å². The first kappa shape index (κ1) is 11.9. The van der Waals surface area contributed by atoms with Gasteiger partial charge >= 0.3 is 0 Å². The average molecular weight is 266 g/mol. The van der Waals surface area contributed by atoms with Crippen LogP contribution in [0, 0.1) is 11.3 Å². The minimum absolute atomic E-state index is 0.287. The summed E-state index contributed by atoms with van der Waals surface area (Å²) >= 11 is 0. The second-order valence-corrected chi connectivity index (χ2v) is 3.98. The van der Waals surface area contributed by atoms with Crippen molar-refractivity contribution < 1.29 is 4.74 Å². The van der Waals surface area contributed by atoms with Gasteiger partial charge in [-0.25, -0.2) is 9.50 Å².